The number of thiazole rings is 1. The number of nitrogens with zero attached hydrogens (tertiary/aromatic N) is 1. The Hall–Kier alpha value is -1.66. The van der Waals surface area contributed by atoms with Crippen molar-refractivity contribution in [3.63, 3.8) is 0 Å². The molecular weight excluding hydrogens is 324 g/mol. The summed E-state index contributed by atoms with van der Waals surface area (Å²) in [5, 5.41) is 15.0. The number of hydrogen-bond acceptors (Lipinski definition) is 5. The van der Waals surface area contributed by atoms with Gasteiger partial charge in [-0.2, -0.15) is 0 Å². The molecule has 3 rings (SSSR count). The summed E-state index contributed by atoms with van der Waals surface area (Å²) >= 11 is 7.25. The molecule has 1 N–H and O–H groups in total. The van der Waals surface area contributed by atoms with Crippen molar-refractivity contribution in [2.75, 3.05) is 5.32 Å². The van der Waals surface area contributed by atoms with Gasteiger partial charge in [0.25, 0.3) is 0 Å². The second-order valence-electron chi connectivity index (χ2n) is 5.44. The second-order valence-corrected chi connectivity index (χ2v) is 6.90. The minimum Gasteiger partial charge on any atom is -0.550 e. The van der Waals surface area contributed by atoms with Crippen molar-refractivity contribution in [3.05, 3.63) is 23.2 Å². The Morgan fingerprint density at radius 1 is 1.27 bits per heavy atom. The van der Waals surface area contributed by atoms with E-state index in [1.807, 2.05) is 0 Å². The van der Waals surface area contributed by atoms with Gasteiger partial charge in [-0.25, -0.2) is 4.98 Å². The van der Waals surface area contributed by atoms with Crippen LogP contribution in [-0.2, 0) is 9.59 Å². The standard InChI is InChI=1S/C15H15ClN2O3S/c16-8-5-6-11-12(7-8)22-15(17-11)18-13(19)9-3-1-2-4-10(9)14(20)21/h5-7,9-10H,1-4H2,(H,20,21)(H,17,18,19)/p-1/t9-,10+/m0/s1. The Balaban J connectivity index is 1.78. The smallest absolute Gasteiger partial charge is 0.229 e. The molecule has 0 spiro atoms. The van der Waals surface area contributed by atoms with E-state index in [1.165, 1.54) is 11.3 Å². The van der Waals surface area contributed by atoms with Crippen LogP contribution in [-0.4, -0.2) is 16.9 Å². The first-order valence-electron chi connectivity index (χ1n) is 7.12. The number of carbonyl (C=O) groups excluding carboxylic acids is 2. The maximum absolute atomic E-state index is 12.4. The van der Waals surface area contributed by atoms with Gasteiger partial charge in [-0.05, 0) is 31.0 Å². The first-order valence-corrected chi connectivity index (χ1v) is 8.32. The highest BCUT2D eigenvalue weighted by Crippen LogP contribution is 2.32. The summed E-state index contributed by atoms with van der Waals surface area (Å²) in [7, 11) is 0. The van der Waals surface area contributed by atoms with Gasteiger partial charge in [0.1, 0.15) is 0 Å². The van der Waals surface area contributed by atoms with Crippen LogP contribution in [0.25, 0.3) is 10.2 Å². The van der Waals surface area contributed by atoms with Crippen LogP contribution < -0.4 is 10.4 Å². The van der Waals surface area contributed by atoms with Crippen LogP contribution in [0.5, 0.6) is 0 Å². The third-order valence-corrected chi connectivity index (χ3v) is 5.15. The van der Waals surface area contributed by atoms with E-state index in [9.17, 15) is 14.7 Å². The first-order chi connectivity index (χ1) is 10.5. The first kappa shape index (κ1) is 15.2. The number of halogens is 1. The van der Waals surface area contributed by atoms with Crippen molar-refractivity contribution < 1.29 is 14.7 Å². The Labute approximate surface area is 136 Å². The maximum atomic E-state index is 12.4. The molecule has 1 heterocycles. The van der Waals surface area contributed by atoms with Crippen molar-refractivity contribution in [2.45, 2.75) is 25.7 Å². The van der Waals surface area contributed by atoms with Gasteiger partial charge in [0.15, 0.2) is 5.13 Å². The molecule has 1 aromatic carbocycles. The minimum atomic E-state index is -1.14. The summed E-state index contributed by atoms with van der Waals surface area (Å²) in [5.74, 6) is -2.69. The number of anilines is 1. The van der Waals surface area contributed by atoms with E-state index in [1.54, 1.807) is 18.2 Å². The quantitative estimate of drug-likeness (QED) is 0.932. The number of amides is 1. The fourth-order valence-corrected chi connectivity index (χ4v) is 4.02. The van der Waals surface area contributed by atoms with Crippen molar-refractivity contribution in [1.29, 1.82) is 0 Å². The van der Waals surface area contributed by atoms with Crippen molar-refractivity contribution in [3.8, 4) is 0 Å². The fraction of sp³-hybridized carbons (Fsp3) is 0.400. The molecule has 2 atom stereocenters. The summed E-state index contributed by atoms with van der Waals surface area (Å²) in [4.78, 5) is 27.9. The summed E-state index contributed by atoms with van der Waals surface area (Å²) in [5.41, 5.74) is 0.754. The molecule has 2 aromatic rings. The summed E-state index contributed by atoms with van der Waals surface area (Å²) in [6.45, 7) is 0. The molecule has 1 amide bonds. The fourth-order valence-electron chi connectivity index (χ4n) is 2.88. The molecule has 1 aliphatic carbocycles. The van der Waals surface area contributed by atoms with Crippen LogP contribution in [0.1, 0.15) is 25.7 Å². The van der Waals surface area contributed by atoms with Crippen LogP contribution >= 0.6 is 22.9 Å². The van der Waals surface area contributed by atoms with Crippen molar-refractivity contribution >= 4 is 50.2 Å². The number of rotatable bonds is 3. The Bertz CT molecular complexity index is 731. The van der Waals surface area contributed by atoms with E-state index in [2.05, 4.69) is 10.3 Å². The third-order valence-electron chi connectivity index (χ3n) is 3.99. The lowest BCUT2D eigenvalue weighted by Crippen LogP contribution is -2.42. The zero-order chi connectivity index (χ0) is 15.7. The summed E-state index contributed by atoms with van der Waals surface area (Å²) in [6.07, 6.45) is 2.75. The van der Waals surface area contributed by atoms with Crippen molar-refractivity contribution in [2.24, 2.45) is 11.8 Å². The molecule has 1 saturated carbocycles. The lowest BCUT2D eigenvalue weighted by atomic mass is 9.79. The zero-order valence-electron chi connectivity index (χ0n) is 11.7. The van der Waals surface area contributed by atoms with Gasteiger partial charge in [-0.15, -0.1) is 0 Å². The molecule has 0 bridgehead atoms. The molecule has 1 aromatic heterocycles. The molecule has 7 heteroatoms. The highest BCUT2D eigenvalue weighted by atomic mass is 35.5. The molecular formula is C15H14ClN2O3S-. The predicted octanol–water partition coefficient (Wildman–Crippen LogP) is 2.44. The minimum absolute atomic E-state index is 0.293. The van der Waals surface area contributed by atoms with E-state index in [0.717, 1.165) is 23.1 Å². The van der Waals surface area contributed by atoms with E-state index in [-0.39, 0.29) is 5.91 Å². The summed E-state index contributed by atoms with van der Waals surface area (Å²) < 4.78 is 0.878. The number of fused-ring (bicyclic) bond motifs is 1. The lowest BCUT2D eigenvalue weighted by molar-refractivity contribution is -0.313. The van der Waals surface area contributed by atoms with Gasteiger partial charge in [-0.1, -0.05) is 35.8 Å². The van der Waals surface area contributed by atoms with E-state index < -0.39 is 17.8 Å². The number of carbonyl (C=O) groups is 2. The molecule has 1 fully saturated rings. The van der Waals surface area contributed by atoms with Gasteiger partial charge in [-0.3, -0.25) is 4.79 Å². The maximum Gasteiger partial charge on any atom is 0.229 e. The van der Waals surface area contributed by atoms with Gasteiger partial charge in [0, 0.05) is 22.8 Å². The molecule has 22 heavy (non-hydrogen) atoms. The van der Waals surface area contributed by atoms with Crippen LogP contribution in [0.4, 0.5) is 5.13 Å². The predicted molar refractivity (Wildman–Crippen MR) is 83.7 cm³/mol. The van der Waals surface area contributed by atoms with Crippen LogP contribution in [0.15, 0.2) is 18.2 Å². The molecule has 5 nitrogen and oxygen atoms in total. The number of carboxylic acids is 1. The highest BCUT2D eigenvalue weighted by Gasteiger charge is 2.32. The lowest BCUT2D eigenvalue weighted by Gasteiger charge is -2.30. The number of aromatic nitrogens is 1. The van der Waals surface area contributed by atoms with Gasteiger partial charge >= 0.3 is 0 Å². The third kappa shape index (κ3) is 3.08. The Kier molecular flexibility index (Phi) is 4.31. The topological polar surface area (TPSA) is 82.1 Å². The largest absolute Gasteiger partial charge is 0.550 e. The monoisotopic (exact) mass is 337 g/mol. The average Bonchev–Trinajstić information content (AvgIpc) is 2.88. The molecule has 1 aliphatic rings. The number of hydrogen-bond donors (Lipinski definition) is 1. The number of carboxylic acid groups (broad SMARTS) is 1. The molecule has 0 aliphatic heterocycles. The van der Waals surface area contributed by atoms with Crippen LogP contribution in [0.3, 0.4) is 0 Å². The number of nitrogens with one attached hydrogen (secondary N) is 1. The summed E-state index contributed by atoms with van der Waals surface area (Å²) in [6, 6.07) is 5.31. The van der Waals surface area contributed by atoms with Gasteiger partial charge < -0.3 is 15.2 Å². The van der Waals surface area contributed by atoms with Gasteiger partial charge in [0.05, 0.1) is 10.2 Å². The molecule has 0 unspecified atom stereocenters. The normalized spacial score (nSPS) is 21.7. The Morgan fingerprint density at radius 3 is 2.73 bits per heavy atom. The van der Waals surface area contributed by atoms with Crippen LogP contribution in [0, 0.1) is 11.8 Å². The van der Waals surface area contributed by atoms with Crippen molar-refractivity contribution in [1.82, 2.24) is 4.98 Å². The van der Waals surface area contributed by atoms with E-state index in [4.69, 9.17) is 11.6 Å². The van der Waals surface area contributed by atoms with Gasteiger partial charge in [0.2, 0.25) is 5.91 Å². The molecule has 116 valence electrons. The highest BCUT2D eigenvalue weighted by molar-refractivity contribution is 7.22. The average molecular weight is 338 g/mol. The SMILES string of the molecule is O=C(Nc1nc2ccc(Cl)cc2s1)[C@H]1CCCC[C@H]1C(=O)[O-]. The van der Waals surface area contributed by atoms with E-state index >= 15 is 0 Å². The second kappa shape index (κ2) is 6.22. The number of benzene rings is 1. The Morgan fingerprint density at radius 2 is 2.00 bits per heavy atom. The number of aliphatic carboxylic acids is 1. The molecule has 0 saturated heterocycles. The van der Waals surface area contributed by atoms with E-state index in [0.29, 0.717) is 23.0 Å². The molecule has 0 radical (unpaired) electrons. The zero-order valence-corrected chi connectivity index (χ0v) is 13.2. The van der Waals surface area contributed by atoms with Crippen LogP contribution in [0.2, 0.25) is 5.02 Å².